The molecule has 2 aromatic rings. The Bertz CT molecular complexity index is 808. The van der Waals surface area contributed by atoms with Gasteiger partial charge < -0.3 is 14.8 Å². The number of anilines is 1. The summed E-state index contributed by atoms with van der Waals surface area (Å²) in [4.78, 5) is 24.4. The van der Waals surface area contributed by atoms with Crippen LogP contribution in [-0.4, -0.2) is 24.6 Å². The van der Waals surface area contributed by atoms with Crippen molar-refractivity contribution in [3.63, 3.8) is 0 Å². The maximum absolute atomic E-state index is 12.4. The number of rotatable bonds is 9. The van der Waals surface area contributed by atoms with Crippen molar-refractivity contribution in [1.82, 2.24) is 0 Å². The molecule has 160 valence electrons. The first-order valence-electron chi connectivity index (χ1n) is 11.0. The average molecular weight is 410 g/mol. The summed E-state index contributed by atoms with van der Waals surface area (Å²) in [7, 11) is 0. The van der Waals surface area contributed by atoms with Crippen LogP contribution in [-0.2, 0) is 16.0 Å². The van der Waals surface area contributed by atoms with Crippen molar-refractivity contribution in [2.24, 2.45) is 0 Å². The normalized spacial score (nSPS) is 14.2. The first kappa shape index (κ1) is 21.9. The standard InChI is InChI=1S/C25H31NO4/c1-2-3-7-19-10-14-21(15-11-19)26-25(28)20-12-16-22(17-13-20)29-18-24(27)30-23-8-5-4-6-9-23/h10-17,23H,2-9,18H2,1H3,(H,26,28). The number of carbonyl (C=O) groups is 2. The Hall–Kier alpha value is -2.82. The highest BCUT2D eigenvalue weighted by molar-refractivity contribution is 6.04. The fourth-order valence-corrected chi connectivity index (χ4v) is 3.59. The lowest BCUT2D eigenvalue weighted by molar-refractivity contribution is -0.152. The quantitative estimate of drug-likeness (QED) is 0.553. The molecule has 0 aliphatic heterocycles. The van der Waals surface area contributed by atoms with Crippen molar-refractivity contribution < 1.29 is 19.1 Å². The maximum Gasteiger partial charge on any atom is 0.344 e. The van der Waals surface area contributed by atoms with E-state index in [1.54, 1.807) is 24.3 Å². The molecule has 5 nitrogen and oxygen atoms in total. The number of carbonyl (C=O) groups excluding carboxylic acids is 2. The van der Waals surface area contributed by atoms with Gasteiger partial charge in [0.25, 0.3) is 5.91 Å². The molecule has 0 bridgehead atoms. The van der Waals surface area contributed by atoms with Crippen LogP contribution < -0.4 is 10.1 Å². The molecule has 1 fully saturated rings. The van der Waals surface area contributed by atoms with E-state index in [0.717, 1.165) is 37.8 Å². The fraction of sp³-hybridized carbons (Fsp3) is 0.440. The van der Waals surface area contributed by atoms with E-state index in [0.29, 0.717) is 11.3 Å². The molecule has 1 aliphatic carbocycles. The van der Waals surface area contributed by atoms with Gasteiger partial charge >= 0.3 is 5.97 Å². The van der Waals surface area contributed by atoms with E-state index in [1.807, 2.05) is 12.1 Å². The van der Waals surface area contributed by atoms with Crippen LogP contribution in [0.15, 0.2) is 48.5 Å². The van der Waals surface area contributed by atoms with Crippen LogP contribution >= 0.6 is 0 Å². The highest BCUT2D eigenvalue weighted by Crippen LogP contribution is 2.21. The molecule has 5 heteroatoms. The number of hydrogen-bond acceptors (Lipinski definition) is 4. The molecule has 1 amide bonds. The van der Waals surface area contributed by atoms with Gasteiger partial charge in [0.2, 0.25) is 0 Å². The molecule has 0 atom stereocenters. The molecule has 0 saturated heterocycles. The molecule has 2 aromatic carbocycles. The average Bonchev–Trinajstić information content (AvgIpc) is 2.78. The fourth-order valence-electron chi connectivity index (χ4n) is 3.59. The topological polar surface area (TPSA) is 64.6 Å². The Morgan fingerprint density at radius 3 is 2.33 bits per heavy atom. The molecule has 1 saturated carbocycles. The van der Waals surface area contributed by atoms with Crippen molar-refractivity contribution in [3.8, 4) is 5.75 Å². The van der Waals surface area contributed by atoms with E-state index >= 15 is 0 Å². The lowest BCUT2D eigenvalue weighted by atomic mass is 9.98. The van der Waals surface area contributed by atoms with Crippen LogP contribution in [0.5, 0.6) is 5.75 Å². The van der Waals surface area contributed by atoms with Crippen LogP contribution in [0.4, 0.5) is 5.69 Å². The summed E-state index contributed by atoms with van der Waals surface area (Å²) in [6.45, 7) is 2.06. The predicted molar refractivity (Wildman–Crippen MR) is 118 cm³/mol. The molecule has 0 aromatic heterocycles. The van der Waals surface area contributed by atoms with Gasteiger partial charge in [-0.05, 0) is 80.5 Å². The lowest BCUT2D eigenvalue weighted by Crippen LogP contribution is -2.24. The maximum atomic E-state index is 12.4. The van der Waals surface area contributed by atoms with Crippen LogP contribution in [0.2, 0.25) is 0 Å². The summed E-state index contributed by atoms with van der Waals surface area (Å²) in [5, 5.41) is 2.90. The Balaban J connectivity index is 1.45. The smallest absolute Gasteiger partial charge is 0.344 e. The molecule has 1 N–H and O–H groups in total. The Morgan fingerprint density at radius 1 is 0.967 bits per heavy atom. The summed E-state index contributed by atoms with van der Waals surface area (Å²) in [5.74, 6) is 0.0121. The van der Waals surface area contributed by atoms with Crippen molar-refractivity contribution in [3.05, 3.63) is 59.7 Å². The first-order valence-corrected chi connectivity index (χ1v) is 11.0. The number of amides is 1. The summed E-state index contributed by atoms with van der Waals surface area (Å²) in [6.07, 6.45) is 8.75. The molecule has 0 unspecified atom stereocenters. The van der Waals surface area contributed by atoms with Gasteiger partial charge in [-0.25, -0.2) is 4.79 Å². The van der Waals surface area contributed by atoms with Gasteiger partial charge in [0.1, 0.15) is 11.9 Å². The molecule has 1 aliphatic rings. The number of benzene rings is 2. The number of aryl methyl sites for hydroxylation is 1. The minimum atomic E-state index is -0.342. The van der Waals surface area contributed by atoms with Gasteiger partial charge in [-0.1, -0.05) is 31.9 Å². The van der Waals surface area contributed by atoms with Gasteiger partial charge in [0.15, 0.2) is 6.61 Å². The van der Waals surface area contributed by atoms with Crippen LogP contribution in [0.1, 0.15) is 67.8 Å². The molecular formula is C25H31NO4. The van der Waals surface area contributed by atoms with E-state index in [9.17, 15) is 9.59 Å². The van der Waals surface area contributed by atoms with Crippen LogP contribution in [0, 0.1) is 0 Å². The van der Waals surface area contributed by atoms with E-state index < -0.39 is 0 Å². The minimum Gasteiger partial charge on any atom is -0.482 e. The van der Waals surface area contributed by atoms with Gasteiger partial charge in [-0.2, -0.15) is 0 Å². The second-order valence-electron chi connectivity index (χ2n) is 7.82. The Kier molecular flexibility index (Phi) is 8.30. The second kappa shape index (κ2) is 11.4. The summed E-state index contributed by atoms with van der Waals surface area (Å²) >= 11 is 0. The van der Waals surface area contributed by atoms with Crippen molar-refractivity contribution >= 4 is 17.6 Å². The lowest BCUT2D eigenvalue weighted by Gasteiger charge is -2.21. The van der Waals surface area contributed by atoms with E-state index in [4.69, 9.17) is 9.47 Å². The molecule has 0 spiro atoms. The number of esters is 1. The third-order valence-electron chi connectivity index (χ3n) is 5.35. The summed E-state index contributed by atoms with van der Waals surface area (Å²) < 4.78 is 10.9. The number of hydrogen-bond donors (Lipinski definition) is 1. The molecular weight excluding hydrogens is 378 g/mol. The highest BCUT2D eigenvalue weighted by atomic mass is 16.6. The highest BCUT2D eigenvalue weighted by Gasteiger charge is 2.18. The Labute approximate surface area is 178 Å². The zero-order valence-corrected chi connectivity index (χ0v) is 17.7. The molecule has 3 rings (SSSR count). The van der Waals surface area contributed by atoms with Crippen LogP contribution in [0.25, 0.3) is 0 Å². The molecule has 0 heterocycles. The molecule has 0 radical (unpaired) electrons. The van der Waals surface area contributed by atoms with E-state index in [-0.39, 0.29) is 24.6 Å². The number of nitrogens with one attached hydrogen (secondary N) is 1. The van der Waals surface area contributed by atoms with Gasteiger partial charge in [-0.3, -0.25) is 4.79 Å². The van der Waals surface area contributed by atoms with E-state index in [1.165, 1.54) is 24.8 Å². The largest absolute Gasteiger partial charge is 0.482 e. The van der Waals surface area contributed by atoms with Gasteiger partial charge in [-0.15, -0.1) is 0 Å². The van der Waals surface area contributed by atoms with E-state index in [2.05, 4.69) is 24.4 Å². The monoisotopic (exact) mass is 409 g/mol. The summed E-state index contributed by atoms with van der Waals surface area (Å²) in [5.41, 5.74) is 2.58. The zero-order chi connectivity index (χ0) is 21.2. The summed E-state index contributed by atoms with van der Waals surface area (Å²) in [6, 6.07) is 14.7. The SMILES string of the molecule is CCCCc1ccc(NC(=O)c2ccc(OCC(=O)OC3CCCCC3)cc2)cc1. The Morgan fingerprint density at radius 2 is 1.67 bits per heavy atom. The minimum absolute atomic E-state index is 0.0293. The number of ether oxygens (including phenoxy) is 2. The predicted octanol–water partition coefficient (Wildman–Crippen LogP) is 5.54. The van der Waals surface area contributed by atoms with Crippen molar-refractivity contribution in [2.45, 2.75) is 64.4 Å². The second-order valence-corrected chi connectivity index (χ2v) is 7.82. The van der Waals surface area contributed by atoms with Crippen molar-refractivity contribution in [1.29, 1.82) is 0 Å². The molecule has 30 heavy (non-hydrogen) atoms. The van der Waals surface area contributed by atoms with Gasteiger partial charge in [0, 0.05) is 11.3 Å². The zero-order valence-electron chi connectivity index (χ0n) is 17.7. The first-order chi connectivity index (χ1) is 14.6. The van der Waals surface area contributed by atoms with Crippen molar-refractivity contribution in [2.75, 3.05) is 11.9 Å². The van der Waals surface area contributed by atoms with Crippen LogP contribution in [0.3, 0.4) is 0 Å². The third kappa shape index (κ3) is 6.90. The number of unbranched alkanes of at least 4 members (excludes halogenated alkanes) is 1. The third-order valence-corrected chi connectivity index (χ3v) is 5.35. The van der Waals surface area contributed by atoms with Gasteiger partial charge in [0.05, 0.1) is 0 Å².